The van der Waals surface area contributed by atoms with Crippen LogP contribution in [0.3, 0.4) is 0 Å². The molecule has 0 unspecified atom stereocenters. The molecule has 1 aliphatic heterocycles. The number of hydrogen-bond donors (Lipinski definition) is 1. The molecule has 2 amide bonds. The van der Waals surface area contributed by atoms with E-state index in [0.29, 0.717) is 26.2 Å². The molecule has 2 heterocycles. The minimum atomic E-state index is -0.0124. The van der Waals surface area contributed by atoms with Crippen LogP contribution in [0.5, 0.6) is 0 Å². The van der Waals surface area contributed by atoms with Gasteiger partial charge in [0.05, 0.1) is 16.8 Å². The molecule has 2 aromatic rings. The van der Waals surface area contributed by atoms with Gasteiger partial charge in [-0.2, -0.15) is 0 Å². The van der Waals surface area contributed by atoms with E-state index in [1.807, 2.05) is 4.90 Å². The van der Waals surface area contributed by atoms with Gasteiger partial charge in [-0.15, -0.1) is 0 Å². The van der Waals surface area contributed by atoms with E-state index in [4.69, 9.17) is 9.72 Å². The number of urea groups is 1. The Bertz CT molecular complexity index is 680. The van der Waals surface area contributed by atoms with Crippen LogP contribution in [-0.4, -0.2) is 62.4 Å². The zero-order valence-electron chi connectivity index (χ0n) is 13.5. The smallest absolute Gasteiger partial charge is 0.317 e. The van der Waals surface area contributed by atoms with E-state index in [1.165, 1.54) is 10.3 Å². The first-order valence-electron chi connectivity index (χ1n) is 7.81. The zero-order chi connectivity index (χ0) is 16.2. The Labute approximate surface area is 140 Å². The Morgan fingerprint density at radius 2 is 2.13 bits per heavy atom. The summed E-state index contributed by atoms with van der Waals surface area (Å²) in [6, 6.07) is 6.33. The van der Waals surface area contributed by atoms with E-state index in [9.17, 15) is 4.79 Å². The number of rotatable bonds is 4. The lowest BCUT2D eigenvalue weighted by atomic mass is 10.2. The fraction of sp³-hybridized carbons (Fsp3) is 0.500. The second-order valence-corrected chi connectivity index (χ2v) is 6.68. The number of carbonyl (C=O) groups excluding carboxylic acids is 1. The molecule has 6 nitrogen and oxygen atoms in total. The molecule has 7 heteroatoms. The van der Waals surface area contributed by atoms with Crippen LogP contribution in [0.15, 0.2) is 18.2 Å². The molecular formula is C16H22N4O2S. The van der Waals surface area contributed by atoms with E-state index in [2.05, 4.69) is 35.3 Å². The molecule has 1 aliphatic rings. The summed E-state index contributed by atoms with van der Waals surface area (Å²) < 4.78 is 6.17. The average Bonchev–Trinajstić information content (AvgIpc) is 2.98. The lowest BCUT2D eigenvalue weighted by Gasteiger charge is -2.34. The van der Waals surface area contributed by atoms with Crippen LogP contribution in [0.1, 0.15) is 5.56 Å². The van der Waals surface area contributed by atoms with Gasteiger partial charge < -0.3 is 19.9 Å². The lowest BCUT2D eigenvalue weighted by molar-refractivity contribution is 0.177. The summed E-state index contributed by atoms with van der Waals surface area (Å²) in [6.07, 6.45) is 0. The average molecular weight is 334 g/mol. The normalized spacial score (nSPS) is 15.2. The minimum Gasteiger partial charge on any atom is -0.383 e. The molecule has 1 fully saturated rings. The minimum absolute atomic E-state index is 0.0124. The molecule has 0 spiro atoms. The summed E-state index contributed by atoms with van der Waals surface area (Å²) in [5.41, 5.74) is 2.31. The monoisotopic (exact) mass is 334 g/mol. The SMILES string of the molecule is COCCNC(=O)N1CCN(c2nc3ccc(C)cc3s2)CC1. The van der Waals surface area contributed by atoms with E-state index in [0.717, 1.165) is 23.7 Å². The number of hydrogen-bond acceptors (Lipinski definition) is 5. The van der Waals surface area contributed by atoms with Gasteiger partial charge in [-0.1, -0.05) is 17.4 Å². The molecule has 1 aromatic carbocycles. The van der Waals surface area contributed by atoms with Gasteiger partial charge in [0, 0.05) is 39.8 Å². The predicted molar refractivity (Wildman–Crippen MR) is 93.4 cm³/mol. The molecular weight excluding hydrogens is 312 g/mol. The number of aromatic nitrogens is 1. The zero-order valence-corrected chi connectivity index (χ0v) is 14.4. The quantitative estimate of drug-likeness (QED) is 0.870. The van der Waals surface area contributed by atoms with Crippen molar-refractivity contribution >= 4 is 32.7 Å². The number of methoxy groups -OCH3 is 1. The van der Waals surface area contributed by atoms with Crippen molar-refractivity contribution in [2.24, 2.45) is 0 Å². The van der Waals surface area contributed by atoms with Crippen LogP contribution in [0.4, 0.5) is 9.93 Å². The number of carbonyl (C=O) groups is 1. The summed E-state index contributed by atoms with van der Waals surface area (Å²) >= 11 is 1.72. The van der Waals surface area contributed by atoms with E-state index in [1.54, 1.807) is 18.4 Å². The fourth-order valence-electron chi connectivity index (χ4n) is 2.63. The highest BCUT2D eigenvalue weighted by Gasteiger charge is 2.22. The molecule has 1 N–H and O–H groups in total. The number of fused-ring (bicyclic) bond motifs is 1. The van der Waals surface area contributed by atoms with Gasteiger partial charge in [-0.3, -0.25) is 0 Å². The Morgan fingerprint density at radius 1 is 1.35 bits per heavy atom. The van der Waals surface area contributed by atoms with Crippen molar-refractivity contribution in [1.82, 2.24) is 15.2 Å². The van der Waals surface area contributed by atoms with Crippen molar-refractivity contribution < 1.29 is 9.53 Å². The van der Waals surface area contributed by atoms with Crippen molar-refractivity contribution in [3.05, 3.63) is 23.8 Å². The third kappa shape index (κ3) is 3.73. The Balaban J connectivity index is 1.58. The van der Waals surface area contributed by atoms with Crippen LogP contribution >= 0.6 is 11.3 Å². The van der Waals surface area contributed by atoms with Crippen molar-refractivity contribution in [3.63, 3.8) is 0 Å². The van der Waals surface area contributed by atoms with Gasteiger partial charge in [0.15, 0.2) is 5.13 Å². The number of nitrogens with zero attached hydrogens (tertiary/aromatic N) is 3. The highest BCUT2D eigenvalue weighted by Crippen LogP contribution is 2.29. The predicted octanol–water partition coefficient (Wildman–Crippen LogP) is 2.08. The third-order valence-electron chi connectivity index (χ3n) is 3.95. The number of amides is 2. The highest BCUT2D eigenvalue weighted by molar-refractivity contribution is 7.22. The summed E-state index contributed by atoms with van der Waals surface area (Å²) in [5.74, 6) is 0. The van der Waals surface area contributed by atoms with Crippen molar-refractivity contribution in [1.29, 1.82) is 0 Å². The number of nitrogens with one attached hydrogen (secondary N) is 1. The first kappa shape index (κ1) is 16.0. The second kappa shape index (κ2) is 7.14. The summed E-state index contributed by atoms with van der Waals surface area (Å²) in [7, 11) is 1.63. The fourth-order valence-corrected chi connectivity index (χ4v) is 3.74. The van der Waals surface area contributed by atoms with Gasteiger partial charge >= 0.3 is 6.03 Å². The molecule has 0 bridgehead atoms. The van der Waals surface area contributed by atoms with Crippen LogP contribution in [0.2, 0.25) is 0 Å². The largest absolute Gasteiger partial charge is 0.383 e. The molecule has 1 saturated heterocycles. The molecule has 1 aromatic heterocycles. The van der Waals surface area contributed by atoms with Gasteiger partial charge in [-0.05, 0) is 24.6 Å². The maximum absolute atomic E-state index is 12.0. The lowest BCUT2D eigenvalue weighted by Crippen LogP contribution is -2.52. The van der Waals surface area contributed by atoms with E-state index >= 15 is 0 Å². The number of aryl methyl sites for hydroxylation is 1. The van der Waals surface area contributed by atoms with Crippen molar-refractivity contribution in [3.8, 4) is 0 Å². The maximum atomic E-state index is 12.0. The van der Waals surface area contributed by atoms with Gasteiger partial charge in [0.1, 0.15) is 0 Å². The van der Waals surface area contributed by atoms with Crippen molar-refractivity contribution in [2.45, 2.75) is 6.92 Å². The Morgan fingerprint density at radius 3 is 2.87 bits per heavy atom. The number of benzene rings is 1. The Kier molecular flexibility index (Phi) is 4.97. The Hall–Kier alpha value is -1.86. The maximum Gasteiger partial charge on any atom is 0.317 e. The second-order valence-electron chi connectivity index (χ2n) is 5.67. The molecule has 23 heavy (non-hydrogen) atoms. The van der Waals surface area contributed by atoms with E-state index < -0.39 is 0 Å². The molecule has 0 aliphatic carbocycles. The summed E-state index contributed by atoms with van der Waals surface area (Å²) in [4.78, 5) is 20.9. The van der Waals surface area contributed by atoms with Crippen LogP contribution in [-0.2, 0) is 4.74 Å². The van der Waals surface area contributed by atoms with Gasteiger partial charge in [-0.25, -0.2) is 9.78 Å². The van der Waals surface area contributed by atoms with Gasteiger partial charge in [0.2, 0.25) is 0 Å². The van der Waals surface area contributed by atoms with Crippen LogP contribution in [0.25, 0.3) is 10.2 Å². The van der Waals surface area contributed by atoms with Gasteiger partial charge in [0.25, 0.3) is 0 Å². The number of thiazole rings is 1. The number of piperazine rings is 1. The summed E-state index contributed by atoms with van der Waals surface area (Å²) in [5, 5.41) is 3.91. The van der Waals surface area contributed by atoms with Crippen LogP contribution < -0.4 is 10.2 Å². The molecule has 3 rings (SSSR count). The third-order valence-corrected chi connectivity index (χ3v) is 5.03. The topological polar surface area (TPSA) is 57.7 Å². The molecule has 0 saturated carbocycles. The first-order chi connectivity index (χ1) is 11.2. The first-order valence-corrected chi connectivity index (χ1v) is 8.63. The highest BCUT2D eigenvalue weighted by atomic mass is 32.1. The van der Waals surface area contributed by atoms with E-state index in [-0.39, 0.29) is 6.03 Å². The molecule has 124 valence electrons. The molecule has 0 atom stereocenters. The summed E-state index contributed by atoms with van der Waals surface area (Å²) in [6.45, 7) is 6.25. The number of ether oxygens (including phenoxy) is 1. The van der Waals surface area contributed by atoms with Crippen LogP contribution in [0, 0.1) is 6.92 Å². The standard InChI is InChI=1S/C16H22N4O2S/c1-12-3-4-13-14(11-12)23-16(18-13)20-8-6-19(7-9-20)15(21)17-5-10-22-2/h3-4,11H,5-10H2,1-2H3,(H,17,21). The van der Waals surface area contributed by atoms with Crippen molar-refractivity contribution in [2.75, 3.05) is 51.3 Å². The molecule has 0 radical (unpaired) electrons. The number of anilines is 1.